The van der Waals surface area contributed by atoms with Crippen LogP contribution < -0.4 is 0 Å². The van der Waals surface area contributed by atoms with E-state index >= 15 is 0 Å². The molecular weight excluding hydrogens is 320 g/mol. The minimum Gasteiger partial charge on any atom is -0.379 e. The SMILES string of the molecule is CCCCCCCCCCCCCCCC/C=C/C1N=CCN1C(C)O. The van der Waals surface area contributed by atoms with Gasteiger partial charge in [0.2, 0.25) is 0 Å². The molecule has 1 N–H and O–H groups in total. The van der Waals surface area contributed by atoms with Gasteiger partial charge in [0, 0.05) is 12.8 Å². The molecule has 0 aromatic heterocycles. The summed E-state index contributed by atoms with van der Waals surface area (Å²) in [6.07, 6.45) is 26.8. The Hall–Kier alpha value is -0.670. The number of aliphatic hydroxyl groups excluding tert-OH is 1. The Labute approximate surface area is 163 Å². The smallest absolute Gasteiger partial charge is 0.122 e. The highest BCUT2D eigenvalue weighted by atomic mass is 16.3. The number of nitrogens with zero attached hydrogens (tertiary/aromatic N) is 2. The van der Waals surface area contributed by atoms with Crippen LogP contribution >= 0.6 is 0 Å². The van der Waals surface area contributed by atoms with Gasteiger partial charge in [-0.05, 0) is 25.8 Å². The van der Waals surface area contributed by atoms with E-state index in [9.17, 15) is 5.11 Å². The van der Waals surface area contributed by atoms with Crippen molar-refractivity contribution in [2.24, 2.45) is 4.99 Å². The van der Waals surface area contributed by atoms with Crippen LogP contribution in [-0.4, -0.2) is 35.2 Å². The second kappa shape index (κ2) is 16.5. The van der Waals surface area contributed by atoms with Crippen molar-refractivity contribution >= 4 is 6.21 Å². The number of rotatable bonds is 17. The van der Waals surface area contributed by atoms with Gasteiger partial charge < -0.3 is 5.11 Å². The van der Waals surface area contributed by atoms with Gasteiger partial charge in [-0.15, -0.1) is 0 Å². The lowest BCUT2D eigenvalue weighted by Gasteiger charge is -2.23. The van der Waals surface area contributed by atoms with Crippen LogP contribution in [0.25, 0.3) is 0 Å². The third-order valence-corrected chi connectivity index (χ3v) is 5.40. The molecule has 0 aromatic rings. The molecular formula is C23H44N2O. The van der Waals surface area contributed by atoms with E-state index < -0.39 is 6.23 Å². The van der Waals surface area contributed by atoms with E-state index in [1.54, 1.807) is 0 Å². The first-order valence-corrected chi connectivity index (χ1v) is 11.4. The van der Waals surface area contributed by atoms with E-state index in [-0.39, 0.29) is 6.17 Å². The third-order valence-electron chi connectivity index (χ3n) is 5.40. The maximum atomic E-state index is 9.67. The predicted octanol–water partition coefficient (Wildman–Crippen LogP) is 6.46. The van der Waals surface area contributed by atoms with Crippen LogP contribution in [0.1, 0.15) is 110 Å². The highest BCUT2D eigenvalue weighted by molar-refractivity contribution is 5.62. The second-order valence-electron chi connectivity index (χ2n) is 7.89. The number of allylic oxidation sites excluding steroid dienone is 1. The summed E-state index contributed by atoms with van der Waals surface area (Å²) in [5, 5.41) is 9.67. The molecule has 3 nitrogen and oxygen atoms in total. The van der Waals surface area contributed by atoms with Crippen molar-refractivity contribution in [3.05, 3.63) is 12.2 Å². The fourth-order valence-corrected chi connectivity index (χ4v) is 3.65. The van der Waals surface area contributed by atoms with Gasteiger partial charge in [0.05, 0.1) is 0 Å². The van der Waals surface area contributed by atoms with Gasteiger partial charge in [0.15, 0.2) is 0 Å². The Balaban J connectivity index is 1.81. The zero-order valence-electron chi connectivity index (χ0n) is 17.5. The molecule has 2 atom stereocenters. The van der Waals surface area contributed by atoms with Crippen molar-refractivity contribution < 1.29 is 5.11 Å². The van der Waals surface area contributed by atoms with Gasteiger partial charge >= 0.3 is 0 Å². The van der Waals surface area contributed by atoms with Crippen molar-refractivity contribution in [1.29, 1.82) is 0 Å². The lowest BCUT2D eigenvalue weighted by Crippen LogP contribution is -2.36. The largest absolute Gasteiger partial charge is 0.379 e. The lowest BCUT2D eigenvalue weighted by molar-refractivity contribution is 0.0214. The standard InChI is InChI=1S/C23H44N2O/c1-3-4-5-6-7-8-9-10-11-12-13-14-15-16-17-18-19-23-24-20-21-25(23)22(2)26/h18-20,22-23,26H,3-17,21H2,1-2H3/b19-18+. The molecule has 0 spiro atoms. The van der Waals surface area contributed by atoms with Crippen LogP contribution in [0.5, 0.6) is 0 Å². The number of aliphatic hydroxyl groups is 1. The van der Waals surface area contributed by atoms with Crippen molar-refractivity contribution in [1.82, 2.24) is 4.90 Å². The van der Waals surface area contributed by atoms with Crippen LogP contribution in [0.2, 0.25) is 0 Å². The summed E-state index contributed by atoms with van der Waals surface area (Å²) in [6, 6.07) is 0. The average Bonchev–Trinajstić information content (AvgIpc) is 3.10. The van der Waals surface area contributed by atoms with E-state index in [0.717, 1.165) is 13.0 Å². The molecule has 26 heavy (non-hydrogen) atoms. The zero-order chi connectivity index (χ0) is 18.9. The van der Waals surface area contributed by atoms with Crippen LogP contribution in [0.4, 0.5) is 0 Å². The maximum absolute atomic E-state index is 9.67. The van der Waals surface area contributed by atoms with Crippen LogP contribution in [0, 0.1) is 0 Å². The minimum atomic E-state index is -0.423. The molecule has 0 radical (unpaired) electrons. The minimum absolute atomic E-state index is 0.0432. The molecule has 0 aliphatic carbocycles. The first-order valence-electron chi connectivity index (χ1n) is 11.4. The molecule has 1 aliphatic rings. The summed E-state index contributed by atoms with van der Waals surface area (Å²) in [4.78, 5) is 6.39. The van der Waals surface area contributed by atoms with E-state index in [1.807, 2.05) is 18.0 Å². The quantitative estimate of drug-likeness (QED) is 0.237. The van der Waals surface area contributed by atoms with Crippen molar-refractivity contribution in [3.8, 4) is 0 Å². The van der Waals surface area contributed by atoms with Crippen molar-refractivity contribution in [2.45, 2.75) is 123 Å². The third kappa shape index (κ3) is 11.9. The van der Waals surface area contributed by atoms with Crippen molar-refractivity contribution in [2.75, 3.05) is 6.54 Å². The van der Waals surface area contributed by atoms with E-state index in [2.05, 4.69) is 24.1 Å². The fourth-order valence-electron chi connectivity index (χ4n) is 3.65. The average molecular weight is 365 g/mol. The Morgan fingerprint density at radius 3 is 1.92 bits per heavy atom. The van der Waals surface area contributed by atoms with Crippen LogP contribution in [0.15, 0.2) is 17.1 Å². The summed E-state index contributed by atoms with van der Waals surface area (Å²) in [7, 11) is 0. The van der Waals surface area contributed by atoms with E-state index in [1.165, 1.54) is 89.9 Å². The summed E-state index contributed by atoms with van der Waals surface area (Å²) in [5.74, 6) is 0. The monoisotopic (exact) mass is 364 g/mol. The summed E-state index contributed by atoms with van der Waals surface area (Å²) >= 11 is 0. The molecule has 0 saturated carbocycles. The first kappa shape index (κ1) is 23.4. The Bertz CT molecular complexity index is 365. The Morgan fingerprint density at radius 1 is 0.923 bits per heavy atom. The van der Waals surface area contributed by atoms with Crippen LogP contribution in [0.3, 0.4) is 0 Å². The topological polar surface area (TPSA) is 35.8 Å². The Morgan fingerprint density at radius 2 is 1.42 bits per heavy atom. The summed E-state index contributed by atoms with van der Waals surface area (Å²) in [5.41, 5.74) is 0. The predicted molar refractivity (Wildman–Crippen MR) is 115 cm³/mol. The second-order valence-corrected chi connectivity index (χ2v) is 7.89. The lowest BCUT2D eigenvalue weighted by atomic mass is 10.0. The molecule has 1 heterocycles. The Kier molecular flexibility index (Phi) is 14.8. The summed E-state index contributed by atoms with van der Waals surface area (Å²) in [6.45, 7) is 4.85. The van der Waals surface area contributed by atoms with Gasteiger partial charge in [-0.3, -0.25) is 4.99 Å². The van der Waals surface area contributed by atoms with Gasteiger partial charge in [-0.2, -0.15) is 0 Å². The molecule has 0 bridgehead atoms. The zero-order valence-corrected chi connectivity index (χ0v) is 17.5. The van der Waals surface area contributed by atoms with Gasteiger partial charge in [0.1, 0.15) is 12.4 Å². The highest BCUT2D eigenvalue weighted by Crippen LogP contribution is 2.14. The van der Waals surface area contributed by atoms with Gasteiger partial charge in [0.25, 0.3) is 0 Å². The number of hydrogen-bond donors (Lipinski definition) is 1. The number of aliphatic imine (C=N–C) groups is 1. The van der Waals surface area contributed by atoms with Crippen LogP contribution in [-0.2, 0) is 0 Å². The fraction of sp³-hybridized carbons (Fsp3) is 0.870. The molecule has 1 rings (SSSR count). The maximum Gasteiger partial charge on any atom is 0.122 e. The molecule has 0 aromatic carbocycles. The molecule has 0 fully saturated rings. The van der Waals surface area contributed by atoms with Gasteiger partial charge in [-0.25, -0.2) is 4.90 Å². The molecule has 1 aliphatic heterocycles. The first-order chi connectivity index (χ1) is 12.8. The highest BCUT2D eigenvalue weighted by Gasteiger charge is 2.21. The molecule has 2 unspecified atom stereocenters. The van der Waals surface area contributed by atoms with Gasteiger partial charge in [-0.1, -0.05) is 96.5 Å². The van der Waals surface area contributed by atoms with E-state index in [0.29, 0.717) is 0 Å². The number of unbranched alkanes of at least 4 members (excludes halogenated alkanes) is 14. The van der Waals surface area contributed by atoms with E-state index in [4.69, 9.17) is 0 Å². The molecule has 3 heteroatoms. The number of hydrogen-bond acceptors (Lipinski definition) is 3. The summed E-state index contributed by atoms with van der Waals surface area (Å²) < 4.78 is 0. The van der Waals surface area contributed by atoms with Crippen molar-refractivity contribution in [3.63, 3.8) is 0 Å². The normalized spacial score (nSPS) is 19.0. The molecule has 0 saturated heterocycles. The molecule has 0 amide bonds. The molecule has 152 valence electrons.